The first kappa shape index (κ1) is 13.6. The molecule has 1 saturated heterocycles. The summed E-state index contributed by atoms with van der Waals surface area (Å²) >= 11 is 0. The van der Waals surface area contributed by atoms with Crippen molar-refractivity contribution in [2.24, 2.45) is 5.92 Å². The Morgan fingerprint density at radius 3 is 3.00 bits per heavy atom. The zero-order chi connectivity index (χ0) is 13.0. The minimum Gasteiger partial charge on any atom is -0.465 e. The maximum Gasteiger partial charge on any atom is 0.118 e. The highest BCUT2D eigenvalue weighted by molar-refractivity contribution is 5.05. The number of furan rings is 1. The smallest absolute Gasteiger partial charge is 0.118 e. The van der Waals surface area contributed by atoms with Crippen LogP contribution in [0, 0.1) is 12.8 Å². The molecule has 0 spiro atoms. The maximum atomic E-state index is 5.69. The monoisotopic (exact) mass is 250 g/mol. The lowest BCUT2D eigenvalue weighted by Gasteiger charge is -2.27. The number of aryl methyl sites for hydroxylation is 1. The van der Waals surface area contributed by atoms with Crippen molar-refractivity contribution in [3.05, 3.63) is 23.7 Å². The zero-order valence-electron chi connectivity index (χ0n) is 11.9. The fraction of sp³-hybridized carbons (Fsp3) is 0.733. The van der Waals surface area contributed by atoms with E-state index < -0.39 is 0 Å². The van der Waals surface area contributed by atoms with E-state index in [0.29, 0.717) is 6.04 Å². The summed E-state index contributed by atoms with van der Waals surface area (Å²) in [6, 6.07) is 4.78. The van der Waals surface area contributed by atoms with E-state index >= 15 is 0 Å². The highest BCUT2D eigenvalue weighted by Gasteiger charge is 2.22. The summed E-state index contributed by atoms with van der Waals surface area (Å²) in [6.07, 6.45) is 2.47. The molecule has 2 atom stereocenters. The van der Waals surface area contributed by atoms with E-state index in [0.717, 1.165) is 37.1 Å². The van der Waals surface area contributed by atoms with Crippen LogP contribution in [0.4, 0.5) is 0 Å². The number of nitrogens with one attached hydrogen (secondary N) is 1. The SMILES string of the molecule is CCC(C)C1CN(Cc2ccc(C)o2)CCCN1. The van der Waals surface area contributed by atoms with Crippen LogP contribution in [0.15, 0.2) is 16.5 Å². The van der Waals surface area contributed by atoms with E-state index in [4.69, 9.17) is 4.42 Å². The molecule has 2 heterocycles. The summed E-state index contributed by atoms with van der Waals surface area (Å²) in [5.41, 5.74) is 0. The molecule has 2 unspecified atom stereocenters. The normalized spacial score (nSPS) is 23.8. The predicted octanol–water partition coefficient (Wildman–Crippen LogP) is 2.80. The quantitative estimate of drug-likeness (QED) is 0.890. The zero-order valence-corrected chi connectivity index (χ0v) is 11.9. The van der Waals surface area contributed by atoms with E-state index in [-0.39, 0.29) is 0 Å². The van der Waals surface area contributed by atoms with Gasteiger partial charge in [0.15, 0.2) is 0 Å². The number of nitrogens with zero attached hydrogens (tertiary/aromatic N) is 1. The summed E-state index contributed by atoms with van der Waals surface area (Å²) in [5.74, 6) is 2.85. The highest BCUT2D eigenvalue weighted by atomic mass is 16.3. The van der Waals surface area contributed by atoms with Crippen LogP contribution in [-0.2, 0) is 6.54 Å². The van der Waals surface area contributed by atoms with Crippen LogP contribution in [0.2, 0.25) is 0 Å². The topological polar surface area (TPSA) is 28.4 Å². The van der Waals surface area contributed by atoms with Crippen molar-refractivity contribution in [2.75, 3.05) is 19.6 Å². The maximum absolute atomic E-state index is 5.69. The van der Waals surface area contributed by atoms with Crippen molar-refractivity contribution in [1.29, 1.82) is 0 Å². The van der Waals surface area contributed by atoms with Gasteiger partial charge in [0.1, 0.15) is 11.5 Å². The first-order valence-corrected chi connectivity index (χ1v) is 7.20. The Bertz CT molecular complexity index is 361. The molecule has 1 aromatic heterocycles. The lowest BCUT2D eigenvalue weighted by Crippen LogP contribution is -2.41. The van der Waals surface area contributed by atoms with Crippen LogP contribution in [0.3, 0.4) is 0 Å². The third-order valence-corrected chi connectivity index (χ3v) is 4.02. The first-order valence-electron chi connectivity index (χ1n) is 7.20. The second-order valence-corrected chi connectivity index (χ2v) is 5.55. The first-order chi connectivity index (χ1) is 8.69. The van der Waals surface area contributed by atoms with Gasteiger partial charge in [0.25, 0.3) is 0 Å². The molecule has 0 radical (unpaired) electrons. The molecule has 2 rings (SSSR count). The molecule has 0 bridgehead atoms. The van der Waals surface area contributed by atoms with Crippen LogP contribution in [-0.4, -0.2) is 30.6 Å². The van der Waals surface area contributed by atoms with Gasteiger partial charge >= 0.3 is 0 Å². The van der Waals surface area contributed by atoms with Crippen LogP contribution in [0.5, 0.6) is 0 Å². The van der Waals surface area contributed by atoms with E-state index in [1.807, 2.05) is 6.92 Å². The van der Waals surface area contributed by atoms with E-state index in [2.05, 4.69) is 36.2 Å². The van der Waals surface area contributed by atoms with Gasteiger partial charge in [-0.2, -0.15) is 0 Å². The lowest BCUT2D eigenvalue weighted by molar-refractivity contribution is 0.215. The molecule has 0 saturated carbocycles. The molecule has 1 aromatic rings. The summed E-state index contributed by atoms with van der Waals surface area (Å²) < 4.78 is 5.69. The highest BCUT2D eigenvalue weighted by Crippen LogP contribution is 2.15. The molecule has 102 valence electrons. The van der Waals surface area contributed by atoms with Gasteiger partial charge in [-0.3, -0.25) is 4.90 Å². The molecule has 1 aliphatic heterocycles. The molecule has 1 fully saturated rings. The van der Waals surface area contributed by atoms with Crippen molar-refractivity contribution in [1.82, 2.24) is 10.2 Å². The molecule has 1 aliphatic rings. The number of hydrogen-bond donors (Lipinski definition) is 1. The predicted molar refractivity (Wildman–Crippen MR) is 74.6 cm³/mol. The fourth-order valence-electron chi connectivity index (χ4n) is 2.62. The van der Waals surface area contributed by atoms with Gasteiger partial charge in [-0.1, -0.05) is 20.3 Å². The molecule has 3 heteroatoms. The largest absolute Gasteiger partial charge is 0.465 e. The Morgan fingerprint density at radius 2 is 2.33 bits per heavy atom. The fourth-order valence-corrected chi connectivity index (χ4v) is 2.62. The van der Waals surface area contributed by atoms with E-state index in [1.165, 1.54) is 19.4 Å². The Kier molecular flexibility index (Phi) is 4.84. The molecular weight excluding hydrogens is 224 g/mol. The molecule has 0 aliphatic carbocycles. The molecule has 18 heavy (non-hydrogen) atoms. The molecule has 0 amide bonds. The van der Waals surface area contributed by atoms with Gasteiger partial charge in [-0.25, -0.2) is 0 Å². The molecule has 0 aromatic carbocycles. The van der Waals surface area contributed by atoms with E-state index in [9.17, 15) is 0 Å². The second-order valence-electron chi connectivity index (χ2n) is 5.55. The lowest BCUT2D eigenvalue weighted by atomic mass is 9.99. The summed E-state index contributed by atoms with van der Waals surface area (Å²) in [7, 11) is 0. The van der Waals surface area contributed by atoms with Crippen LogP contribution in [0.25, 0.3) is 0 Å². The van der Waals surface area contributed by atoms with Gasteiger partial charge < -0.3 is 9.73 Å². The minimum absolute atomic E-state index is 0.619. The van der Waals surface area contributed by atoms with Crippen molar-refractivity contribution < 1.29 is 4.42 Å². The number of hydrogen-bond acceptors (Lipinski definition) is 3. The number of rotatable bonds is 4. The van der Waals surface area contributed by atoms with Gasteiger partial charge in [0, 0.05) is 12.6 Å². The third kappa shape index (κ3) is 3.59. The van der Waals surface area contributed by atoms with Gasteiger partial charge in [0.05, 0.1) is 6.54 Å². The van der Waals surface area contributed by atoms with Gasteiger partial charge in [-0.05, 0) is 44.5 Å². The second kappa shape index (κ2) is 6.39. The standard InChI is InChI=1S/C15H26N2O/c1-4-12(2)15-11-17(9-5-8-16-15)10-14-7-6-13(3)18-14/h6-7,12,15-16H,4-5,8-11H2,1-3H3. The summed E-state index contributed by atoms with van der Waals surface area (Å²) in [4.78, 5) is 2.52. The van der Waals surface area contributed by atoms with Crippen LogP contribution < -0.4 is 5.32 Å². The average Bonchev–Trinajstić information content (AvgIpc) is 2.64. The van der Waals surface area contributed by atoms with Gasteiger partial charge in [0.2, 0.25) is 0 Å². The van der Waals surface area contributed by atoms with Crippen molar-refractivity contribution in [3.63, 3.8) is 0 Å². The third-order valence-electron chi connectivity index (χ3n) is 4.02. The molecular formula is C15H26N2O. The van der Waals surface area contributed by atoms with Crippen molar-refractivity contribution >= 4 is 0 Å². The van der Waals surface area contributed by atoms with Gasteiger partial charge in [-0.15, -0.1) is 0 Å². The average molecular weight is 250 g/mol. The summed E-state index contributed by atoms with van der Waals surface area (Å²) in [5, 5.41) is 3.68. The Hall–Kier alpha value is -0.800. The minimum atomic E-state index is 0.619. The Labute approximate surface area is 111 Å². The van der Waals surface area contributed by atoms with Crippen LogP contribution >= 0.6 is 0 Å². The van der Waals surface area contributed by atoms with E-state index in [1.54, 1.807) is 0 Å². The molecule has 3 nitrogen and oxygen atoms in total. The Balaban J connectivity index is 1.94. The van der Waals surface area contributed by atoms with Crippen LogP contribution in [0.1, 0.15) is 38.2 Å². The Morgan fingerprint density at radius 1 is 1.50 bits per heavy atom. The van der Waals surface area contributed by atoms with Crippen molar-refractivity contribution in [2.45, 2.75) is 46.2 Å². The summed E-state index contributed by atoms with van der Waals surface area (Å²) in [6.45, 7) is 11.0. The molecule has 1 N–H and O–H groups in total. The van der Waals surface area contributed by atoms with Crippen molar-refractivity contribution in [3.8, 4) is 0 Å².